The van der Waals surface area contributed by atoms with E-state index in [2.05, 4.69) is 20.4 Å². The minimum atomic E-state index is -4.22. The van der Waals surface area contributed by atoms with Gasteiger partial charge in [-0.05, 0) is 12.8 Å². The number of aromatic nitrogens is 3. The molecule has 2 rings (SSSR count). The van der Waals surface area contributed by atoms with E-state index in [0.717, 1.165) is 0 Å². The van der Waals surface area contributed by atoms with Gasteiger partial charge in [0.05, 0.1) is 13.0 Å². The van der Waals surface area contributed by atoms with Crippen LogP contribution in [-0.4, -0.2) is 41.3 Å². The van der Waals surface area contributed by atoms with Gasteiger partial charge in [-0.25, -0.2) is 5.84 Å². The highest BCUT2D eigenvalue weighted by Gasteiger charge is 2.42. The molecule has 1 aromatic rings. The number of hydrogen-bond acceptors (Lipinski definition) is 7. The summed E-state index contributed by atoms with van der Waals surface area (Å²) in [7, 11) is 1.36. The van der Waals surface area contributed by atoms with E-state index < -0.39 is 12.1 Å². The summed E-state index contributed by atoms with van der Waals surface area (Å²) in [6.07, 6.45) is -3.68. The van der Waals surface area contributed by atoms with Gasteiger partial charge in [-0.15, -0.1) is 0 Å². The molecule has 0 spiro atoms. The van der Waals surface area contributed by atoms with E-state index in [0.29, 0.717) is 13.0 Å². The number of nitrogens with one attached hydrogen (secondary N) is 1. The van der Waals surface area contributed by atoms with Crippen molar-refractivity contribution in [2.75, 3.05) is 30.5 Å². The standard InChI is InChI=1S/C10H15F3N6O/c1-20-9-16-7(18-14)15-8(17-9)19-4-2-3-6(5-19)10(11,12)13/h6H,2-5,14H2,1H3,(H,15,16,17,18). The molecule has 0 aliphatic carbocycles. The zero-order valence-corrected chi connectivity index (χ0v) is 10.8. The molecule has 20 heavy (non-hydrogen) atoms. The zero-order valence-electron chi connectivity index (χ0n) is 10.8. The van der Waals surface area contributed by atoms with Gasteiger partial charge in [0.15, 0.2) is 0 Å². The fourth-order valence-electron chi connectivity index (χ4n) is 2.07. The molecule has 0 aromatic carbocycles. The summed E-state index contributed by atoms with van der Waals surface area (Å²) in [6, 6.07) is -0.00270. The van der Waals surface area contributed by atoms with Gasteiger partial charge in [0.1, 0.15) is 0 Å². The number of anilines is 2. The number of nitrogens with two attached hydrogens (primary N) is 1. The molecule has 112 valence electrons. The Morgan fingerprint density at radius 2 is 2.10 bits per heavy atom. The van der Waals surface area contributed by atoms with Gasteiger partial charge < -0.3 is 9.64 Å². The maximum atomic E-state index is 12.8. The van der Waals surface area contributed by atoms with E-state index in [-0.39, 0.29) is 30.9 Å². The summed E-state index contributed by atoms with van der Waals surface area (Å²) in [6.45, 7) is 0.268. The van der Waals surface area contributed by atoms with E-state index in [9.17, 15) is 13.2 Å². The molecule has 1 aliphatic heterocycles. The van der Waals surface area contributed by atoms with Crippen molar-refractivity contribution in [3.63, 3.8) is 0 Å². The maximum absolute atomic E-state index is 12.8. The van der Waals surface area contributed by atoms with Gasteiger partial charge in [0.25, 0.3) is 0 Å². The molecule has 1 aliphatic rings. The summed E-state index contributed by atoms with van der Waals surface area (Å²) in [5.74, 6) is 4.00. The lowest BCUT2D eigenvalue weighted by atomic mass is 9.98. The van der Waals surface area contributed by atoms with E-state index in [4.69, 9.17) is 10.6 Å². The van der Waals surface area contributed by atoms with Crippen molar-refractivity contribution in [1.29, 1.82) is 0 Å². The quantitative estimate of drug-likeness (QED) is 0.633. The Hall–Kier alpha value is -1.84. The van der Waals surface area contributed by atoms with Gasteiger partial charge in [0.2, 0.25) is 11.9 Å². The number of ether oxygens (including phenoxy) is 1. The predicted molar refractivity (Wildman–Crippen MR) is 65.2 cm³/mol. The van der Waals surface area contributed by atoms with Crippen LogP contribution in [0.3, 0.4) is 0 Å². The smallest absolute Gasteiger partial charge is 0.393 e. The van der Waals surface area contributed by atoms with Crippen molar-refractivity contribution in [3.8, 4) is 6.01 Å². The SMILES string of the molecule is COc1nc(NN)nc(N2CCCC(C(F)(F)F)C2)n1. The summed E-state index contributed by atoms with van der Waals surface area (Å²) in [5, 5.41) is 0. The van der Waals surface area contributed by atoms with E-state index in [1.165, 1.54) is 12.0 Å². The second kappa shape index (κ2) is 5.65. The Kier molecular flexibility index (Phi) is 4.12. The van der Waals surface area contributed by atoms with Crippen molar-refractivity contribution < 1.29 is 17.9 Å². The van der Waals surface area contributed by atoms with Crippen LogP contribution in [0.5, 0.6) is 6.01 Å². The third kappa shape index (κ3) is 3.18. The molecule has 1 atom stereocenters. The van der Waals surface area contributed by atoms with Crippen LogP contribution in [0.2, 0.25) is 0 Å². The topological polar surface area (TPSA) is 89.2 Å². The Labute approximate surface area is 113 Å². The molecule has 2 heterocycles. The number of piperidine rings is 1. The normalized spacial score (nSPS) is 19.9. The van der Waals surface area contributed by atoms with Crippen LogP contribution in [0.25, 0.3) is 0 Å². The largest absolute Gasteiger partial charge is 0.467 e. The van der Waals surface area contributed by atoms with E-state index in [1.54, 1.807) is 0 Å². The first-order valence-electron chi connectivity index (χ1n) is 6.02. The molecule has 7 nitrogen and oxygen atoms in total. The molecular weight excluding hydrogens is 277 g/mol. The van der Waals surface area contributed by atoms with Gasteiger partial charge in [-0.2, -0.15) is 28.1 Å². The van der Waals surface area contributed by atoms with Gasteiger partial charge in [-0.3, -0.25) is 5.43 Å². The number of hydrazine groups is 1. The number of halogens is 3. The second-order valence-electron chi connectivity index (χ2n) is 4.42. The Morgan fingerprint density at radius 1 is 1.35 bits per heavy atom. The van der Waals surface area contributed by atoms with Crippen molar-refractivity contribution in [3.05, 3.63) is 0 Å². The summed E-state index contributed by atoms with van der Waals surface area (Å²) in [5.41, 5.74) is 2.23. The molecule has 0 bridgehead atoms. The number of nitrogens with zero attached hydrogens (tertiary/aromatic N) is 4. The number of methoxy groups -OCH3 is 1. The number of alkyl halides is 3. The third-order valence-electron chi connectivity index (χ3n) is 3.08. The van der Waals surface area contributed by atoms with Gasteiger partial charge in [-0.1, -0.05) is 0 Å². The lowest BCUT2D eigenvalue weighted by Crippen LogP contribution is -2.42. The predicted octanol–water partition coefficient (Wildman–Crippen LogP) is 0.944. The molecule has 0 saturated carbocycles. The van der Waals surface area contributed by atoms with Crippen LogP contribution in [0, 0.1) is 5.92 Å². The zero-order chi connectivity index (χ0) is 14.8. The maximum Gasteiger partial charge on any atom is 0.393 e. The van der Waals surface area contributed by atoms with E-state index >= 15 is 0 Å². The second-order valence-corrected chi connectivity index (χ2v) is 4.42. The Bertz CT molecular complexity index is 447. The van der Waals surface area contributed by atoms with E-state index in [1.807, 2.05) is 0 Å². The van der Waals surface area contributed by atoms with Crippen molar-refractivity contribution in [1.82, 2.24) is 15.0 Å². The average Bonchev–Trinajstić information content (AvgIpc) is 2.46. The van der Waals surface area contributed by atoms with Gasteiger partial charge >= 0.3 is 12.2 Å². The lowest BCUT2D eigenvalue weighted by molar-refractivity contribution is -0.176. The highest BCUT2D eigenvalue weighted by atomic mass is 19.4. The van der Waals surface area contributed by atoms with Crippen LogP contribution in [0.4, 0.5) is 25.1 Å². The van der Waals surface area contributed by atoms with Crippen LogP contribution in [0.1, 0.15) is 12.8 Å². The Balaban J connectivity index is 2.22. The average molecular weight is 292 g/mol. The van der Waals surface area contributed by atoms with Gasteiger partial charge in [0, 0.05) is 13.1 Å². The first-order chi connectivity index (χ1) is 9.44. The lowest BCUT2D eigenvalue weighted by Gasteiger charge is -2.33. The summed E-state index contributed by atoms with van der Waals surface area (Å²) >= 11 is 0. The molecule has 1 unspecified atom stereocenters. The summed E-state index contributed by atoms with van der Waals surface area (Å²) < 4.78 is 43.2. The fourth-order valence-corrected chi connectivity index (χ4v) is 2.07. The molecular formula is C10H15F3N6O. The third-order valence-corrected chi connectivity index (χ3v) is 3.08. The number of rotatable bonds is 3. The molecule has 1 saturated heterocycles. The van der Waals surface area contributed by atoms with Crippen molar-refractivity contribution >= 4 is 11.9 Å². The molecule has 10 heteroatoms. The summed E-state index contributed by atoms with van der Waals surface area (Å²) in [4.78, 5) is 13.2. The van der Waals surface area contributed by atoms with Crippen LogP contribution in [-0.2, 0) is 0 Å². The molecule has 0 amide bonds. The highest BCUT2D eigenvalue weighted by molar-refractivity contribution is 5.38. The molecule has 1 fully saturated rings. The minimum Gasteiger partial charge on any atom is -0.467 e. The van der Waals surface area contributed by atoms with Crippen molar-refractivity contribution in [2.45, 2.75) is 19.0 Å². The molecule has 3 N–H and O–H groups in total. The first-order valence-corrected chi connectivity index (χ1v) is 6.02. The molecule has 1 aromatic heterocycles. The highest BCUT2D eigenvalue weighted by Crippen LogP contribution is 2.34. The number of nitrogen functional groups attached to an aromatic ring is 1. The minimum absolute atomic E-state index is 0.00270. The Morgan fingerprint density at radius 3 is 2.70 bits per heavy atom. The fraction of sp³-hybridized carbons (Fsp3) is 0.700. The van der Waals surface area contributed by atoms with Crippen LogP contribution in [0.15, 0.2) is 0 Å². The number of hydrogen-bond donors (Lipinski definition) is 2. The van der Waals surface area contributed by atoms with Crippen LogP contribution < -0.4 is 20.9 Å². The monoisotopic (exact) mass is 292 g/mol. The van der Waals surface area contributed by atoms with Crippen molar-refractivity contribution in [2.24, 2.45) is 11.8 Å². The van der Waals surface area contributed by atoms with Crippen LogP contribution >= 0.6 is 0 Å². The first kappa shape index (κ1) is 14.6. The molecule has 0 radical (unpaired) electrons.